The Kier molecular flexibility index (Phi) is 5.46. The Bertz CT molecular complexity index is 1240. The molecule has 0 aliphatic rings. The van der Waals surface area contributed by atoms with Crippen molar-refractivity contribution >= 4 is 51.0 Å². The van der Waals surface area contributed by atoms with Gasteiger partial charge in [-0.05, 0) is 62.4 Å². The van der Waals surface area contributed by atoms with Crippen LogP contribution < -0.4 is 5.32 Å². The number of esters is 1. The lowest BCUT2D eigenvalue weighted by molar-refractivity contribution is -0.123. The minimum Gasteiger partial charge on any atom is -0.449 e. The first-order valence-corrected chi connectivity index (χ1v) is 10.1. The number of nitrogens with zero attached hydrogens (tertiary/aromatic N) is 1. The van der Waals surface area contributed by atoms with Crippen LogP contribution in [0.15, 0.2) is 66.7 Å². The second-order valence-electron chi connectivity index (χ2n) is 7.04. The number of hydrogen-bond acceptors (Lipinski definition) is 3. The van der Waals surface area contributed by atoms with Crippen molar-refractivity contribution in [2.75, 3.05) is 5.32 Å². The average Bonchev–Trinajstić information content (AvgIpc) is 3.07. The molecular formula is C24H21ClN2O3. The van der Waals surface area contributed by atoms with Crippen molar-refractivity contribution < 1.29 is 14.3 Å². The van der Waals surface area contributed by atoms with Crippen molar-refractivity contribution in [3.8, 4) is 0 Å². The lowest BCUT2D eigenvalue weighted by atomic mass is 10.1. The highest BCUT2D eigenvalue weighted by atomic mass is 35.5. The van der Waals surface area contributed by atoms with Crippen molar-refractivity contribution in [2.24, 2.45) is 0 Å². The lowest BCUT2D eigenvalue weighted by Gasteiger charge is -2.14. The van der Waals surface area contributed by atoms with E-state index in [9.17, 15) is 9.59 Å². The van der Waals surface area contributed by atoms with Gasteiger partial charge in [0.2, 0.25) is 0 Å². The summed E-state index contributed by atoms with van der Waals surface area (Å²) in [6.45, 7) is 4.51. The molecule has 0 aliphatic carbocycles. The summed E-state index contributed by atoms with van der Waals surface area (Å²) in [5, 5.41) is 5.57. The number of halogens is 1. The van der Waals surface area contributed by atoms with Gasteiger partial charge in [-0.1, -0.05) is 29.8 Å². The molecule has 5 nitrogen and oxygen atoms in total. The van der Waals surface area contributed by atoms with Gasteiger partial charge in [0, 0.05) is 39.1 Å². The standard InChI is InChI=1S/C24H21ClN2O3/c1-3-27-21-7-5-4-6-19(21)20-14-18(12-13-22(20)27)26-23(28)15(2)30-24(29)16-8-10-17(25)11-9-16/h4-15H,3H2,1-2H3,(H,26,28)/t15-/m0/s1. The van der Waals surface area contributed by atoms with E-state index in [1.165, 1.54) is 0 Å². The van der Waals surface area contributed by atoms with Crippen LogP contribution in [0.2, 0.25) is 5.02 Å². The van der Waals surface area contributed by atoms with Crippen LogP contribution in [-0.2, 0) is 16.1 Å². The van der Waals surface area contributed by atoms with E-state index < -0.39 is 18.0 Å². The van der Waals surface area contributed by atoms with Gasteiger partial charge >= 0.3 is 5.97 Å². The van der Waals surface area contributed by atoms with Crippen molar-refractivity contribution in [1.82, 2.24) is 4.57 Å². The summed E-state index contributed by atoms with van der Waals surface area (Å²) >= 11 is 5.83. The van der Waals surface area contributed by atoms with Crippen LogP contribution >= 0.6 is 11.6 Å². The Morgan fingerprint density at radius 2 is 1.70 bits per heavy atom. The monoisotopic (exact) mass is 420 g/mol. The maximum Gasteiger partial charge on any atom is 0.338 e. The fourth-order valence-electron chi connectivity index (χ4n) is 3.58. The molecule has 1 heterocycles. The van der Waals surface area contributed by atoms with E-state index in [0.717, 1.165) is 28.4 Å². The third kappa shape index (κ3) is 3.76. The normalized spacial score (nSPS) is 12.1. The Labute approximate surface area is 179 Å². The highest BCUT2D eigenvalue weighted by molar-refractivity contribution is 6.30. The fourth-order valence-corrected chi connectivity index (χ4v) is 3.71. The zero-order valence-corrected chi connectivity index (χ0v) is 17.4. The van der Waals surface area contributed by atoms with Crippen LogP contribution in [0.25, 0.3) is 21.8 Å². The van der Waals surface area contributed by atoms with Crippen LogP contribution in [0, 0.1) is 0 Å². The maximum absolute atomic E-state index is 12.6. The number of benzene rings is 3. The second-order valence-corrected chi connectivity index (χ2v) is 7.47. The Morgan fingerprint density at radius 1 is 1.00 bits per heavy atom. The van der Waals surface area contributed by atoms with Crippen LogP contribution in [0.3, 0.4) is 0 Å². The number of carbonyl (C=O) groups excluding carboxylic acids is 2. The molecule has 0 fully saturated rings. The highest BCUT2D eigenvalue weighted by Crippen LogP contribution is 2.31. The number of ether oxygens (including phenoxy) is 1. The van der Waals surface area contributed by atoms with Crippen molar-refractivity contribution in [1.29, 1.82) is 0 Å². The molecule has 0 saturated heterocycles. The van der Waals surface area contributed by atoms with E-state index >= 15 is 0 Å². The number of para-hydroxylation sites is 1. The molecule has 3 aromatic carbocycles. The Morgan fingerprint density at radius 3 is 2.43 bits per heavy atom. The van der Waals surface area contributed by atoms with Gasteiger partial charge in [0.05, 0.1) is 5.56 Å². The van der Waals surface area contributed by atoms with Crippen molar-refractivity contribution in [2.45, 2.75) is 26.5 Å². The first-order valence-electron chi connectivity index (χ1n) is 9.76. The quantitative estimate of drug-likeness (QED) is 0.424. The predicted molar refractivity (Wildman–Crippen MR) is 120 cm³/mol. The summed E-state index contributed by atoms with van der Waals surface area (Å²) in [6.07, 6.45) is -0.944. The van der Waals surface area contributed by atoms with Gasteiger partial charge in [0.15, 0.2) is 6.10 Å². The van der Waals surface area contributed by atoms with E-state index in [1.54, 1.807) is 31.2 Å². The fraction of sp³-hybridized carbons (Fsp3) is 0.167. The topological polar surface area (TPSA) is 60.3 Å². The molecule has 0 aliphatic heterocycles. The number of fused-ring (bicyclic) bond motifs is 3. The summed E-state index contributed by atoms with van der Waals surface area (Å²) < 4.78 is 7.53. The number of amides is 1. The summed E-state index contributed by atoms with van der Waals surface area (Å²) in [6, 6.07) is 20.3. The van der Waals surface area contributed by atoms with E-state index in [2.05, 4.69) is 28.9 Å². The van der Waals surface area contributed by atoms with E-state index in [0.29, 0.717) is 16.3 Å². The highest BCUT2D eigenvalue weighted by Gasteiger charge is 2.19. The number of nitrogens with one attached hydrogen (secondary N) is 1. The van der Waals surface area contributed by atoms with Crippen molar-refractivity contribution in [3.63, 3.8) is 0 Å². The van der Waals surface area contributed by atoms with Crippen LogP contribution in [0.5, 0.6) is 0 Å². The average molecular weight is 421 g/mol. The minimum atomic E-state index is -0.944. The minimum absolute atomic E-state index is 0.341. The smallest absolute Gasteiger partial charge is 0.338 e. The maximum atomic E-state index is 12.6. The van der Waals surface area contributed by atoms with Crippen LogP contribution in [0.1, 0.15) is 24.2 Å². The number of carbonyl (C=O) groups is 2. The molecular weight excluding hydrogens is 400 g/mol. The largest absolute Gasteiger partial charge is 0.449 e. The molecule has 0 radical (unpaired) electrons. The van der Waals surface area contributed by atoms with Crippen LogP contribution in [0.4, 0.5) is 5.69 Å². The third-order valence-corrected chi connectivity index (χ3v) is 5.34. The number of aromatic nitrogens is 1. The molecule has 4 aromatic rings. The Hall–Kier alpha value is -3.31. The molecule has 0 bridgehead atoms. The first-order chi connectivity index (χ1) is 14.5. The Balaban J connectivity index is 1.53. The SMILES string of the molecule is CCn1c2ccccc2c2cc(NC(=O)[C@H](C)OC(=O)c3ccc(Cl)cc3)ccc21. The van der Waals surface area contributed by atoms with Gasteiger partial charge < -0.3 is 14.6 Å². The predicted octanol–water partition coefficient (Wildman–Crippen LogP) is 5.65. The van der Waals surface area contributed by atoms with E-state index in [4.69, 9.17) is 16.3 Å². The first kappa shape index (κ1) is 20.0. The molecule has 6 heteroatoms. The number of aryl methyl sites for hydroxylation is 1. The zero-order chi connectivity index (χ0) is 21.3. The molecule has 0 saturated carbocycles. The van der Waals surface area contributed by atoms with Gasteiger partial charge in [0.1, 0.15) is 0 Å². The van der Waals surface area contributed by atoms with Gasteiger partial charge in [-0.15, -0.1) is 0 Å². The summed E-state index contributed by atoms with van der Waals surface area (Å²) in [4.78, 5) is 24.8. The number of anilines is 1. The summed E-state index contributed by atoms with van der Waals surface area (Å²) in [7, 11) is 0. The van der Waals surface area contributed by atoms with Gasteiger partial charge in [-0.3, -0.25) is 4.79 Å². The van der Waals surface area contributed by atoms with Gasteiger partial charge in [0.25, 0.3) is 5.91 Å². The molecule has 1 aromatic heterocycles. The molecule has 4 rings (SSSR count). The number of hydrogen-bond donors (Lipinski definition) is 1. The molecule has 1 atom stereocenters. The number of rotatable bonds is 5. The van der Waals surface area contributed by atoms with Gasteiger partial charge in [-0.25, -0.2) is 4.79 Å². The zero-order valence-electron chi connectivity index (χ0n) is 16.7. The molecule has 1 N–H and O–H groups in total. The molecule has 0 unspecified atom stereocenters. The second kappa shape index (κ2) is 8.20. The molecule has 0 spiro atoms. The summed E-state index contributed by atoms with van der Waals surface area (Å²) in [5.74, 6) is -0.966. The molecule has 152 valence electrons. The van der Waals surface area contributed by atoms with Crippen LogP contribution in [-0.4, -0.2) is 22.5 Å². The third-order valence-electron chi connectivity index (χ3n) is 5.09. The van der Waals surface area contributed by atoms with Gasteiger partial charge in [-0.2, -0.15) is 0 Å². The van der Waals surface area contributed by atoms with Crippen molar-refractivity contribution in [3.05, 3.63) is 77.3 Å². The van der Waals surface area contributed by atoms with E-state index in [-0.39, 0.29) is 0 Å². The van der Waals surface area contributed by atoms with E-state index in [1.807, 2.05) is 30.3 Å². The molecule has 1 amide bonds. The summed E-state index contributed by atoms with van der Waals surface area (Å²) in [5.41, 5.74) is 3.26. The molecule has 30 heavy (non-hydrogen) atoms. The lowest BCUT2D eigenvalue weighted by Crippen LogP contribution is -2.30.